The van der Waals surface area contributed by atoms with E-state index < -0.39 is 0 Å². The molecule has 2 rings (SSSR count). The Morgan fingerprint density at radius 2 is 2.35 bits per heavy atom. The smallest absolute Gasteiger partial charge is 0.225 e. The first-order chi connectivity index (χ1) is 9.49. The fourth-order valence-corrected chi connectivity index (χ4v) is 3.15. The lowest BCUT2D eigenvalue weighted by Crippen LogP contribution is -2.38. The van der Waals surface area contributed by atoms with Crippen LogP contribution in [0.5, 0.6) is 0 Å². The number of hydrogen-bond acceptors (Lipinski definition) is 4. The molecule has 0 bridgehead atoms. The summed E-state index contributed by atoms with van der Waals surface area (Å²) in [6.45, 7) is 1.09. The highest BCUT2D eigenvalue weighted by Crippen LogP contribution is 2.21. The molecule has 0 unspecified atom stereocenters. The lowest BCUT2D eigenvalue weighted by molar-refractivity contribution is -0.128. The van der Waals surface area contributed by atoms with Gasteiger partial charge in [-0.05, 0) is 36.5 Å². The van der Waals surface area contributed by atoms with Gasteiger partial charge in [-0.15, -0.1) is 0 Å². The fraction of sp³-hybridized carbons (Fsp3) is 0.571. The molecule has 1 aliphatic rings. The van der Waals surface area contributed by atoms with Gasteiger partial charge in [-0.25, -0.2) is 0 Å². The molecule has 1 aromatic rings. The fourth-order valence-electron chi connectivity index (χ4n) is 2.44. The number of carbonyl (C=O) groups excluding carboxylic acids is 2. The third-order valence-electron chi connectivity index (χ3n) is 3.73. The van der Waals surface area contributed by atoms with Gasteiger partial charge in [0.25, 0.3) is 0 Å². The second-order valence-corrected chi connectivity index (χ2v) is 6.24. The first-order valence-corrected chi connectivity index (χ1v) is 7.63. The van der Waals surface area contributed by atoms with E-state index in [-0.39, 0.29) is 23.8 Å². The number of nitrogens with zero attached hydrogens (tertiary/aromatic N) is 2. The molecule has 5 nitrogen and oxygen atoms in total. The van der Waals surface area contributed by atoms with Crippen molar-refractivity contribution in [1.29, 1.82) is 0 Å². The molecular formula is C14H21N3O2S. The number of amides is 2. The molecule has 6 heteroatoms. The molecular weight excluding hydrogens is 274 g/mol. The number of rotatable bonds is 5. The summed E-state index contributed by atoms with van der Waals surface area (Å²) in [5.41, 5.74) is 1.21. The quantitative estimate of drug-likeness (QED) is 0.880. The second kappa shape index (κ2) is 6.37. The van der Waals surface area contributed by atoms with Crippen molar-refractivity contribution in [3.63, 3.8) is 0 Å². The van der Waals surface area contributed by atoms with E-state index in [1.54, 1.807) is 23.3 Å². The number of carbonyl (C=O) groups is 2. The van der Waals surface area contributed by atoms with Crippen LogP contribution in [0, 0.1) is 5.92 Å². The van der Waals surface area contributed by atoms with E-state index >= 15 is 0 Å². The van der Waals surface area contributed by atoms with Crippen molar-refractivity contribution in [2.24, 2.45) is 5.92 Å². The molecule has 2 heterocycles. The van der Waals surface area contributed by atoms with E-state index in [2.05, 4.69) is 21.7 Å². The SMILES string of the molecule is CN1C[C@H](C(=O)NC[C@@H](c2ccsc2)N(C)C)CC1=O. The molecule has 0 radical (unpaired) electrons. The van der Waals surface area contributed by atoms with Crippen molar-refractivity contribution in [1.82, 2.24) is 15.1 Å². The van der Waals surface area contributed by atoms with Crippen molar-refractivity contribution in [2.75, 3.05) is 34.2 Å². The first-order valence-electron chi connectivity index (χ1n) is 6.69. The Bertz CT molecular complexity index is 473. The molecule has 20 heavy (non-hydrogen) atoms. The standard InChI is InChI=1S/C14H21N3O2S/c1-16(2)12(10-4-5-20-9-10)7-15-14(19)11-6-13(18)17(3)8-11/h4-5,9,11-12H,6-8H2,1-3H3,(H,15,19)/t11-,12+/m1/s1. The average Bonchev–Trinajstić information content (AvgIpc) is 3.00. The van der Waals surface area contributed by atoms with Gasteiger partial charge in [0.05, 0.1) is 12.0 Å². The molecule has 1 aromatic heterocycles. The third kappa shape index (κ3) is 3.37. The molecule has 0 aliphatic carbocycles. The van der Waals surface area contributed by atoms with Crippen molar-refractivity contribution < 1.29 is 9.59 Å². The van der Waals surface area contributed by atoms with Crippen LogP contribution in [-0.2, 0) is 9.59 Å². The van der Waals surface area contributed by atoms with Crippen molar-refractivity contribution in [3.8, 4) is 0 Å². The Labute approximate surface area is 123 Å². The van der Waals surface area contributed by atoms with E-state index in [1.165, 1.54) is 5.56 Å². The van der Waals surface area contributed by atoms with Gasteiger partial charge in [0.1, 0.15) is 0 Å². The highest BCUT2D eigenvalue weighted by Gasteiger charge is 2.32. The third-order valence-corrected chi connectivity index (χ3v) is 4.43. The van der Waals surface area contributed by atoms with Crippen LogP contribution in [0.4, 0.5) is 0 Å². The van der Waals surface area contributed by atoms with Gasteiger partial charge >= 0.3 is 0 Å². The molecule has 1 fully saturated rings. The van der Waals surface area contributed by atoms with Gasteiger partial charge in [0, 0.05) is 26.6 Å². The molecule has 1 saturated heterocycles. The predicted molar refractivity (Wildman–Crippen MR) is 79.5 cm³/mol. The van der Waals surface area contributed by atoms with E-state index in [1.807, 2.05) is 19.5 Å². The summed E-state index contributed by atoms with van der Waals surface area (Å²) in [6.07, 6.45) is 0.327. The zero-order valence-corrected chi connectivity index (χ0v) is 12.9. The predicted octanol–water partition coefficient (Wildman–Crippen LogP) is 0.945. The molecule has 2 atom stereocenters. The normalized spacial score (nSPS) is 20.5. The summed E-state index contributed by atoms with van der Waals surface area (Å²) in [5.74, 6) is -0.185. The molecule has 1 aliphatic heterocycles. The van der Waals surface area contributed by atoms with E-state index in [0.717, 1.165) is 0 Å². The topological polar surface area (TPSA) is 52.7 Å². The first kappa shape index (κ1) is 15.0. The van der Waals surface area contributed by atoms with Crippen LogP contribution in [0.15, 0.2) is 16.8 Å². The van der Waals surface area contributed by atoms with Gasteiger partial charge < -0.3 is 15.1 Å². The van der Waals surface area contributed by atoms with Crippen molar-refractivity contribution in [2.45, 2.75) is 12.5 Å². The summed E-state index contributed by atoms with van der Waals surface area (Å²) in [5, 5.41) is 7.12. The van der Waals surface area contributed by atoms with Gasteiger partial charge in [-0.2, -0.15) is 11.3 Å². The molecule has 1 N–H and O–H groups in total. The number of likely N-dealkylation sites (tertiary alicyclic amines) is 1. The molecule has 110 valence electrons. The summed E-state index contributed by atoms with van der Waals surface area (Å²) in [6, 6.07) is 2.24. The van der Waals surface area contributed by atoms with Gasteiger partial charge in [-0.1, -0.05) is 0 Å². The highest BCUT2D eigenvalue weighted by atomic mass is 32.1. The van der Waals surface area contributed by atoms with E-state index in [9.17, 15) is 9.59 Å². The Hall–Kier alpha value is -1.40. The van der Waals surface area contributed by atoms with E-state index in [0.29, 0.717) is 19.5 Å². The second-order valence-electron chi connectivity index (χ2n) is 5.46. The Morgan fingerprint density at radius 1 is 1.60 bits per heavy atom. The lowest BCUT2D eigenvalue weighted by Gasteiger charge is -2.24. The van der Waals surface area contributed by atoms with Crippen LogP contribution in [0.3, 0.4) is 0 Å². The maximum atomic E-state index is 12.1. The van der Waals surface area contributed by atoms with Crippen molar-refractivity contribution >= 4 is 23.2 Å². The molecule has 0 saturated carbocycles. The van der Waals surface area contributed by atoms with Gasteiger partial charge in [-0.3, -0.25) is 9.59 Å². The van der Waals surface area contributed by atoms with Crippen LogP contribution in [0.1, 0.15) is 18.0 Å². The Balaban J connectivity index is 1.90. The number of thiophene rings is 1. The van der Waals surface area contributed by atoms with Crippen LogP contribution < -0.4 is 5.32 Å². The van der Waals surface area contributed by atoms with Gasteiger partial charge in [0.15, 0.2) is 0 Å². The van der Waals surface area contributed by atoms with Crippen molar-refractivity contribution in [3.05, 3.63) is 22.4 Å². The van der Waals surface area contributed by atoms with Crippen LogP contribution in [0.25, 0.3) is 0 Å². The molecule has 0 aromatic carbocycles. The number of likely N-dealkylation sites (N-methyl/N-ethyl adjacent to an activating group) is 1. The molecule has 0 spiro atoms. The van der Waals surface area contributed by atoms with Crippen LogP contribution >= 0.6 is 11.3 Å². The monoisotopic (exact) mass is 295 g/mol. The summed E-state index contributed by atoms with van der Waals surface area (Å²) in [4.78, 5) is 27.3. The summed E-state index contributed by atoms with van der Waals surface area (Å²) in [7, 11) is 5.74. The minimum absolute atomic E-state index is 0.0234. The molecule has 2 amide bonds. The number of nitrogens with one attached hydrogen (secondary N) is 1. The largest absolute Gasteiger partial charge is 0.354 e. The lowest BCUT2D eigenvalue weighted by atomic mass is 10.1. The van der Waals surface area contributed by atoms with E-state index in [4.69, 9.17) is 0 Å². The Kier molecular flexibility index (Phi) is 4.77. The zero-order valence-electron chi connectivity index (χ0n) is 12.1. The minimum atomic E-state index is -0.210. The average molecular weight is 295 g/mol. The maximum absolute atomic E-state index is 12.1. The number of hydrogen-bond donors (Lipinski definition) is 1. The maximum Gasteiger partial charge on any atom is 0.225 e. The summed E-state index contributed by atoms with van der Waals surface area (Å²) < 4.78 is 0. The summed E-state index contributed by atoms with van der Waals surface area (Å²) >= 11 is 1.65. The highest BCUT2D eigenvalue weighted by molar-refractivity contribution is 7.07. The zero-order chi connectivity index (χ0) is 14.7. The minimum Gasteiger partial charge on any atom is -0.354 e. The van der Waals surface area contributed by atoms with Crippen LogP contribution in [-0.4, -0.2) is 55.8 Å². The van der Waals surface area contributed by atoms with Gasteiger partial charge in [0.2, 0.25) is 11.8 Å². The van der Waals surface area contributed by atoms with Crippen LogP contribution in [0.2, 0.25) is 0 Å². The Morgan fingerprint density at radius 3 is 2.85 bits per heavy atom.